The zero-order valence-corrected chi connectivity index (χ0v) is 18.7. The highest BCUT2D eigenvalue weighted by molar-refractivity contribution is 5.43. The Bertz CT molecular complexity index is 1080. The fourth-order valence-corrected chi connectivity index (χ4v) is 4.60. The molecule has 9 heteroatoms. The van der Waals surface area contributed by atoms with Crippen LogP contribution in [0.2, 0.25) is 0 Å². The van der Waals surface area contributed by atoms with Crippen molar-refractivity contribution in [1.29, 1.82) is 0 Å². The van der Waals surface area contributed by atoms with Gasteiger partial charge < -0.3 is 14.5 Å². The maximum absolute atomic E-state index is 14.5. The quantitative estimate of drug-likeness (QED) is 0.579. The molecule has 0 saturated carbocycles. The Labute approximate surface area is 182 Å². The van der Waals surface area contributed by atoms with E-state index in [4.69, 9.17) is 9.47 Å². The number of hydrogen-bond donors (Lipinski definition) is 1. The van der Waals surface area contributed by atoms with Crippen molar-refractivity contribution in [2.24, 2.45) is 5.92 Å². The van der Waals surface area contributed by atoms with E-state index in [1.807, 2.05) is 0 Å². The van der Waals surface area contributed by atoms with Crippen molar-refractivity contribution >= 4 is 0 Å². The number of H-pyrrole nitrogens is 1. The van der Waals surface area contributed by atoms with Crippen LogP contribution in [0.3, 0.4) is 0 Å². The second-order valence-electron chi connectivity index (χ2n) is 8.74. The number of aromatic amines is 1. The molecule has 1 aliphatic heterocycles. The van der Waals surface area contributed by atoms with Gasteiger partial charge in [0.2, 0.25) is 5.82 Å². The summed E-state index contributed by atoms with van der Waals surface area (Å²) in [6.45, 7) is 7.39. The summed E-state index contributed by atoms with van der Waals surface area (Å²) in [5.41, 5.74) is -1.98. The van der Waals surface area contributed by atoms with Gasteiger partial charge in [0.25, 0.3) is 0 Å². The fraction of sp³-hybridized carbons (Fsp3) is 0.522. The summed E-state index contributed by atoms with van der Waals surface area (Å²) in [4.78, 5) is 15.7. The van der Waals surface area contributed by atoms with Gasteiger partial charge in [0.15, 0.2) is 22.6 Å². The minimum absolute atomic E-state index is 0.0361. The molecule has 0 unspecified atom stereocenters. The van der Waals surface area contributed by atoms with E-state index in [1.54, 1.807) is 20.8 Å². The van der Waals surface area contributed by atoms with Crippen LogP contribution >= 0.6 is 0 Å². The third kappa shape index (κ3) is 3.70. The number of halogens is 5. The van der Waals surface area contributed by atoms with Crippen molar-refractivity contribution < 1.29 is 31.4 Å². The van der Waals surface area contributed by atoms with Gasteiger partial charge in [-0.2, -0.15) is 17.6 Å². The molecule has 1 N–H and O–H groups in total. The van der Waals surface area contributed by atoms with Crippen molar-refractivity contribution in [2.75, 3.05) is 7.11 Å². The molecule has 0 spiro atoms. The smallest absolute Gasteiger partial charge is 0.417 e. The standard InChI is InChI=1S/C23H26F5NO3/c1-10(2)16-15(30)9-11(3)29-19(16)21-17(12(4)22(5,32-21)23(26,27)28)13-7-8-14(24)18(25)20(13)31-6/h7-10,12,17,21H,1-6H3,(H,29,30)/t12-,17-,21+,22+/m0/s1. The first kappa shape index (κ1) is 24.2. The Morgan fingerprint density at radius 1 is 1.22 bits per heavy atom. The fourth-order valence-electron chi connectivity index (χ4n) is 4.60. The number of methoxy groups -OCH3 is 1. The zero-order valence-electron chi connectivity index (χ0n) is 18.7. The Balaban J connectivity index is 2.35. The lowest BCUT2D eigenvalue weighted by Crippen LogP contribution is -2.46. The van der Waals surface area contributed by atoms with Gasteiger partial charge in [-0.1, -0.05) is 26.8 Å². The van der Waals surface area contributed by atoms with Crippen LogP contribution in [0.5, 0.6) is 5.75 Å². The lowest BCUT2D eigenvalue weighted by molar-refractivity contribution is -0.275. The molecule has 1 aromatic carbocycles. The summed E-state index contributed by atoms with van der Waals surface area (Å²) in [7, 11) is 1.12. The summed E-state index contributed by atoms with van der Waals surface area (Å²) < 4.78 is 81.6. The second kappa shape index (κ2) is 8.17. The van der Waals surface area contributed by atoms with Crippen molar-refractivity contribution in [2.45, 2.75) is 64.3 Å². The van der Waals surface area contributed by atoms with Crippen LogP contribution in [0, 0.1) is 24.5 Å². The molecule has 4 nitrogen and oxygen atoms in total. The van der Waals surface area contributed by atoms with Crippen molar-refractivity contribution in [3.05, 3.63) is 62.6 Å². The Morgan fingerprint density at radius 2 is 1.84 bits per heavy atom. The first-order valence-electron chi connectivity index (χ1n) is 10.2. The van der Waals surface area contributed by atoms with E-state index in [0.29, 0.717) is 5.69 Å². The van der Waals surface area contributed by atoms with Crippen molar-refractivity contribution in [1.82, 2.24) is 4.98 Å². The van der Waals surface area contributed by atoms with E-state index < -0.39 is 47.1 Å². The van der Waals surface area contributed by atoms with Gasteiger partial charge in [-0.15, -0.1) is 0 Å². The number of nitrogens with one attached hydrogen (secondary N) is 1. The monoisotopic (exact) mass is 459 g/mol. The van der Waals surface area contributed by atoms with Gasteiger partial charge in [-0.3, -0.25) is 4.79 Å². The molecule has 2 aromatic rings. The Morgan fingerprint density at radius 3 is 2.38 bits per heavy atom. The molecule has 3 rings (SSSR count). The molecule has 1 saturated heterocycles. The maximum atomic E-state index is 14.5. The van der Waals surface area contributed by atoms with E-state index in [2.05, 4.69) is 4.98 Å². The van der Waals surface area contributed by atoms with Crippen LogP contribution < -0.4 is 10.2 Å². The molecule has 1 aromatic heterocycles. The van der Waals surface area contributed by atoms with E-state index in [0.717, 1.165) is 20.1 Å². The van der Waals surface area contributed by atoms with Crippen LogP contribution in [0.15, 0.2) is 23.0 Å². The van der Waals surface area contributed by atoms with Gasteiger partial charge >= 0.3 is 6.18 Å². The van der Waals surface area contributed by atoms with Gasteiger partial charge in [0, 0.05) is 34.7 Å². The number of aryl methyl sites for hydroxylation is 1. The summed E-state index contributed by atoms with van der Waals surface area (Å²) in [6, 6.07) is 3.43. The third-order valence-electron chi connectivity index (χ3n) is 6.41. The van der Waals surface area contributed by atoms with Crippen molar-refractivity contribution in [3.8, 4) is 5.75 Å². The largest absolute Gasteiger partial charge is 0.493 e. The molecular weight excluding hydrogens is 433 g/mol. The lowest BCUT2D eigenvalue weighted by Gasteiger charge is -2.32. The first-order valence-corrected chi connectivity index (χ1v) is 10.2. The van der Waals surface area contributed by atoms with Crippen LogP contribution in [0.1, 0.15) is 68.1 Å². The normalized spacial score (nSPS) is 26.1. The van der Waals surface area contributed by atoms with Crippen LogP contribution in [-0.4, -0.2) is 23.9 Å². The average molecular weight is 459 g/mol. The summed E-state index contributed by atoms with van der Waals surface area (Å²) in [5, 5.41) is 0. The Kier molecular flexibility index (Phi) is 6.19. The highest BCUT2D eigenvalue weighted by Gasteiger charge is 2.65. The minimum Gasteiger partial charge on any atom is -0.493 e. The predicted molar refractivity (Wildman–Crippen MR) is 109 cm³/mol. The number of rotatable bonds is 4. The lowest BCUT2D eigenvalue weighted by atomic mass is 9.75. The molecule has 0 radical (unpaired) electrons. The second-order valence-corrected chi connectivity index (χ2v) is 8.74. The summed E-state index contributed by atoms with van der Waals surface area (Å²) >= 11 is 0. The van der Waals surface area contributed by atoms with Crippen LogP contribution in [-0.2, 0) is 4.74 Å². The van der Waals surface area contributed by atoms with Gasteiger partial charge in [-0.25, -0.2) is 4.39 Å². The zero-order chi connectivity index (χ0) is 24.2. The maximum Gasteiger partial charge on any atom is 0.417 e. The van der Waals surface area contributed by atoms with E-state index in [9.17, 15) is 26.7 Å². The summed E-state index contributed by atoms with van der Waals surface area (Å²) in [5.74, 6) is -5.57. The van der Waals surface area contributed by atoms with Gasteiger partial charge in [-0.05, 0) is 25.8 Å². The molecule has 0 aliphatic carbocycles. The molecule has 0 bridgehead atoms. The predicted octanol–water partition coefficient (Wildman–Crippen LogP) is 5.91. The van der Waals surface area contributed by atoms with E-state index >= 15 is 0 Å². The first-order chi connectivity index (χ1) is 14.7. The van der Waals surface area contributed by atoms with Crippen molar-refractivity contribution in [3.63, 3.8) is 0 Å². The highest BCUT2D eigenvalue weighted by atomic mass is 19.4. The molecule has 32 heavy (non-hydrogen) atoms. The van der Waals surface area contributed by atoms with Crippen LogP contribution in [0.25, 0.3) is 0 Å². The number of benzene rings is 1. The number of ether oxygens (including phenoxy) is 2. The molecule has 2 heterocycles. The minimum atomic E-state index is -4.76. The number of aromatic nitrogens is 1. The molecule has 1 aliphatic rings. The van der Waals surface area contributed by atoms with Gasteiger partial charge in [0.05, 0.1) is 12.8 Å². The third-order valence-corrected chi connectivity index (χ3v) is 6.41. The van der Waals surface area contributed by atoms with Crippen LogP contribution in [0.4, 0.5) is 22.0 Å². The number of alkyl halides is 3. The molecular formula is C23H26F5NO3. The molecule has 176 valence electrons. The molecule has 4 atom stereocenters. The molecule has 0 amide bonds. The SMILES string of the molecule is COc1c([C@H]2[C@H](c3[nH]c(C)cc(=O)c3C(C)C)O[C@@](C)(C(F)(F)F)[C@H]2C)ccc(F)c1F. The topological polar surface area (TPSA) is 51.3 Å². The number of pyridine rings is 1. The van der Waals surface area contributed by atoms with E-state index in [-0.39, 0.29) is 28.2 Å². The molecule has 1 fully saturated rings. The number of hydrogen-bond acceptors (Lipinski definition) is 3. The van der Waals surface area contributed by atoms with E-state index in [1.165, 1.54) is 19.1 Å². The van der Waals surface area contributed by atoms with Gasteiger partial charge in [0.1, 0.15) is 6.10 Å². The summed E-state index contributed by atoms with van der Waals surface area (Å²) in [6.07, 6.45) is -6.03. The Hall–Kier alpha value is -2.42. The highest BCUT2D eigenvalue weighted by Crippen LogP contribution is 2.59. The average Bonchev–Trinajstić information content (AvgIpc) is 2.95.